The Labute approximate surface area is 106 Å². The zero-order valence-electron chi connectivity index (χ0n) is 10.3. The molecule has 1 fully saturated rings. The van der Waals surface area contributed by atoms with Crippen molar-refractivity contribution in [1.82, 2.24) is 9.78 Å². The highest BCUT2D eigenvalue weighted by atomic mass is 16.4. The summed E-state index contributed by atoms with van der Waals surface area (Å²) >= 11 is 0. The molecule has 2 aromatic heterocycles. The first kappa shape index (κ1) is 11.5. The first-order valence-electron chi connectivity index (χ1n) is 6.58. The number of hydrogen-bond acceptors (Lipinski definition) is 3. The lowest BCUT2D eigenvalue weighted by molar-refractivity contribution is 0.148. The van der Waals surface area contributed by atoms with Crippen LogP contribution >= 0.6 is 0 Å². The third-order valence-corrected chi connectivity index (χ3v) is 3.64. The van der Waals surface area contributed by atoms with Crippen molar-refractivity contribution in [3.05, 3.63) is 42.1 Å². The molecule has 1 saturated carbocycles. The van der Waals surface area contributed by atoms with Gasteiger partial charge in [0.2, 0.25) is 0 Å². The second-order valence-electron chi connectivity index (χ2n) is 4.96. The monoisotopic (exact) mass is 246 g/mol. The second-order valence-corrected chi connectivity index (χ2v) is 4.96. The van der Waals surface area contributed by atoms with Crippen molar-refractivity contribution in [3.8, 4) is 0 Å². The summed E-state index contributed by atoms with van der Waals surface area (Å²) in [5.41, 5.74) is 0.922. The van der Waals surface area contributed by atoms with Gasteiger partial charge in [-0.1, -0.05) is 12.8 Å². The van der Waals surface area contributed by atoms with Gasteiger partial charge in [0.25, 0.3) is 0 Å². The molecule has 2 aromatic rings. The maximum absolute atomic E-state index is 9.99. The lowest BCUT2D eigenvalue weighted by atomic mass is 10.1. The fourth-order valence-electron chi connectivity index (χ4n) is 2.64. The quantitative estimate of drug-likeness (QED) is 0.902. The minimum atomic E-state index is -0.605. The SMILES string of the molecule is OC(Cc1ccn(C2CCCC2)n1)c1ccco1. The fourth-order valence-corrected chi connectivity index (χ4v) is 2.64. The largest absolute Gasteiger partial charge is 0.467 e. The first-order valence-corrected chi connectivity index (χ1v) is 6.58. The molecular formula is C14H18N2O2. The predicted octanol–water partition coefficient (Wildman–Crippen LogP) is 2.87. The van der Waals surface area contributed by atoms with Gasteiger partial charge in [0, 0.05) is 12.6 Å². The Morgan fingerprint density at radius 3 is 2.94 bits per heavy atom. The van der Waals surface area contributed by atoms with E-state index in [1.807, 2.05) is 12.3 Å². The number of aliphatic hydroxyl groups excluding tert-OH is 1. The molecule has 0 saturated heterocycles. The van der Waals surface area contributed by atoms with Gasteiger partial charge in [-0.15, -0.1) is 0 Å². The summed E-state index contributed by atoms with van der Waals surface area (Å²) in [6.45, 7) is 0. The van der Waals surface area contributed by atoms with Crippen LogP contribution < -0.4 is 0 Å². The van der Waals surface area contributed by atoms with Gasteiger partial charge in [-0.25, -0.2) is 0 Å². The molecule has 1 atom stereocenters. The van der Waals surface area contributed by atoms with E-state index >= 15 is 0 Å². The Morgan fingerprint density at radius 2 is 2.22 bits per heavy atom. The maximum Gasteiger partial charge on any atom is 0.132 e. The van der Waals surface area contributed by atoms with Crippen molar-refractivity contribution in [3.63, 3.8) is 0 Å². The second kappa shape index (κ2) is 4.98. The highest BCUT2D eigenvalue weighted by Gasteiger charge is 2.19. The van der Waals surface area contributed by atoms with Crippen LogP contribution in [0.2, 0.25) is 0 Å². The smallest absolute Gasteiger partial charge is 0.132 e. The normalized spacial score (nSPS) is 18.3. The average molecular weight is 246 g/mol. The van der Waals surface area contributed by atoms with Crippen LogP contribution in [0, 0.1) is 0 Å². The van der Waals surface area contributed by atoms with E-state index in [-0.39, 0.29) is 0 Å². The van der Waals surface area contributed by atoms with Crippen molar-refractivity contribution in [2.75, 3.05) is 0 Å². The Hall–Kier alpha value is -1.55. The lowest BCUT2D eigenvalue weighted by Gasteiger charge is -2.09. The zero-order valence-corrected chi connectivity index (χ0v) is 10.3. The van der Waals surface area contributed by atoms with Gasteiger partial charge in [0.1, 0.15) is 11.9 Å². The van der Waals surface area contributed by atoms with Gasteiger partial charge in [0.15, 0.2) is 0 Å². The summed E-state index contributed by atoms with van der Waals surface area (Å²) in [5.74, 6) is 0.602. The zero-order chi connectivity index (χ0) is 12.4. The highest BCUT2D eigenvalue weighted by Crippen LogP contribution is 2.29. The van der Waals surface area contributed by atoms with Crippen LogP contribution in [0.4, 0.5) is 0 Å². The standard InChI is InChI=1S/C14H18N2O2/c17-13(14-6-3-9-18-14)10-11-7-8-16(15-11)12-4-1-2-5-12/h3,6-9,12-13,17H,1-2,4-5,10H2. The maximum atomic E-state index is 9.99. The molecule has 0 radical (unpaired) electrons. The molecule has 4 heteroatoms. The average Bonchev–Trinajstić information content (AvgIpc) is 3.12. The van der Waals surface area contributed by atoms with E-state index < -0.39 is 6.10 Å². The van der Waals surface area contributed by atoms with Crippen LogP contribution in [0.15, 0.2) is 35.1 Å². The number of rotatable bonds is 4. The van der Waals surface area contributed by atoms with Gasteiger partial charge >= 0.3 is 0 Å². The van der Waals surface area contributed by atoms with Crippen molar-refractivity contribution >= 4 is 0 Å². The number of hydrogen-bond donors (Lipinski definition) is 1. The highest BCUT2D eigenvalue weighted by molar-refractivity contribution is 5.08. The minimum absolute atomic E-state index is 0.507. The molecule has 0 bridgehead atoms. The number of nitrogens with zero attached hydrogens (tertiary/aromatic N) is 2. The molecule has 0 aliphatic heterocycles. The lowest BCUT2D eigenvalue weighted by Crippen LogP contribution is -2.07. The predicted molar refractivity (Wildman–Crippen MR) is 67.1 cm³/mol. The van der Waals surface area contributed by atoms with E-state index in [1.165, 1.54) is 25.7 Å². The molecule has 0 aromatic carbocycles. The van der Waals surface area contributed by atoms with E-state index in [0.717, 1.165) is 5.69 Å². The van der Waals surface area contributed by atoms with Gasteiger partial charge < -0.3 is 9.52 Å². The summed E-state index contributed by atoms with van der Waals surface area (Å²) in [5, 5.41) is 14.6. The molecule has 3 rings (SSSR count). The third-order valence-electron chi connectivity index (χ3n) is 3.64. The van der Waals surface area contributed by atoms with Crippen LogP contribution in [-0.2, 0) is 6.42 Å². The Kier molecular flexibility index (Phi) is 3.19. The Morgan fingerprint density at radius 1 is 1.39 bits per heavy atom. The van der Waals surface area contributed by atoms with Crippen molar-refractivity contribution in [2.45, 2.75) is 44.2 Å². The van der Waals surface area contributed by atoms with E-state index in [0.29, 0.717) is 18.2 Å². The molecule has 1 aliphatic carbocycles. The molecular weight excluding hydrogens is 228 g/mol. The molecule has 18 heavy (non-hydrogen) atoms. The molecule has 0 amide bonds. The summed E-state index contributed by atoms with van der Waals surface area (Å²) < 4.78 is 7.24. The van der Waals surface area contributed by atoms with Crippen molar-refractivity contribution in [2.24, 2.45) is 0 Å². The van der Waals surface area contributed by atoms with E-state index in [4.69, 9.17) is 4.42 Å². The van der Waals surface area contributed by atoms with E-state index in [2.05, 4.69) is 9.78 Å². The van der Waals surface area contributed by atoms with Crippen LogP contribution in [0.3, 0.4) is 0 Å². The molecule has 1 aliphatic rings. The molecule has 96 valence electrons. The molecule has 1 unspecified atom stereocenters. The molecule has 4 nitrogen and oxygen atoms in total. The summed E-state index contributed by atoms with van der Waals surface area (Å²) in [6, 6.07) is 6.12. The summed E-state index contributed by atoms with van der Waals surface area (Å²) in [6.07, 6.45) is 8.56. The Balaban J connectivity index is 1.66. The van der Waals surface area contributed by atoms with E-state index in [1.54, 1.807) is 18.4 Å². The first-order chi connectivity index (χ1) is 8.83. The van der Waals surface area contributed by atoms with Crippen LogP contribution in [0.25, 0.3) is 0 Å². The summed E-state index contributed by atoms with van der Waals surface area (Å²) in [7, 11) is 0. The van der Waals surface area contributed by atoms with Crippen molar-refractivity contribution in [1.29, 1.82) is 0 Å². The van der Waals surface area contributed by atoms with E-state index in [9.17, 15) is 5.11 Å². The van der Waals surface area contributed by atoms with Gasteiger partial charge in [-0.2, -0.15) is 5.10 Å². The van der Waals surface area contributed by atoms with Crippen LogP contribution in [0.1, 0.15) is 49.3 Å². The summed E-state index contributed by atoms with van der Waals surface area (Å²) in [4.78, 5) is 0. The van der Waals surface area contributed by atoms with Crippen LogP contribution in [0.5, 0.6) is 0 Å². The molecule has 2 heterocycles. The van der Waals surface area contributed by atoms with Crippen LogP contribution in [-0.4, -0.2) is 14.9 Å². The third kappa shape index (κ3) is 2.34. The fraction of sp³-hybridized carbons (Fsp3) is 0.500. The number of aromatic nitrogens is 2. The Bertz CT molecular complexity index is 484. The molecule has 0 spiro atoms. The van der Waals surface area contributed by atoms with Gasteiger partial charge in [0.05, 0.1) is 18.0 Å². The number of aliphatic hydroxyl groups is 1. The minimum Gasteiger partial charge on any atom is -0.467 e. The van der Waals surface area contributed by atoms with Crippen molar-refractivity contribution < 1.29 is 9.52 Å². The molecule has 1 N–H and O–H groups in total. The number of furan rings is 1. The topological polar surface area (TPSA) is 51.2 Å². The van der Waals surface area contributed by atoms with Gasteiger partial charge in [-0.3, -0.25) is 4.68 Å². The van der Waals surface area contributed by atoms with Gasteiger partial charge in [-0.05, 0) is 31.0 Å².